The minimum atomic E-state index is 0.856. The maximum absolute atomic E-state index is 4.81. The molecule has 0 amide bonds. The number of nitrogens with zero attached hydrogens (tertiary/aromatic N) is 6. The SMILES string of the molecule is Cc1cc(-c2ncc(-c3cncnc3)cc2C=Cc2ccccc2)cnc1-c1cncnc1. The van der Waals surface area contributed by atoms with Gasteiger partial charge in [0, 0.05) is 65.0 Å². The molecular weight excluding hydrogens is 408 g/mol. The van der Waals surface area contributed by atoms with Crippen molar-refractivity contribution in [3.8, 4) is 33.6 Å². The normalized spacial score (nSPS) is 11.1. The molecule has 0 fully saturated rings. The molecule has 0 N–H and O–H groups in total. The summed E-state index contributed by atoms with van der Waals surface area (Å²) in [5.41, 5.74) is 8.54. The molecule has 6 heteroatoms. The summed E-state index contributed by atoms with van der Waals surface area (Å²) in [6.07, 6.45) is 18.0. The van der Waals surface area contributed by atoms with Crippen LogP contribution < -0.4 is 0 Å². The van der Waals surface area contributed by atoms with Crippen LogP contribution in [0.25, 0.3) is 45.8 Å². The van der Waals surface area contributed by atoms with Gasteiger partial charge >= 0.3 is 0 Å². The fourth-order valence-electron chi connectivity index (χ4n) is 3.63. The lowest BCUT2D eigenvalue weighted by Gasteiger charge is -2.11. The first kappa shape index (κ1) is 20.3. The van der Waals surface area contributed by atoms with E-state index in [9.17, 15) is 0 Å². The van der Waals surface area contributed by atoms with E-state index in [0.717, 1.165) is 50.3 Å². The highest BCUT2D eigenvalue weighted by Crippen LogP contribution is 2.30. The Hall–Kier alpha value is -4.58. The summed E-state index contributed by atoms with van der Waals surface area (Å²) in [6.45, 7) is 2.04. The molecule has 0 spiro atoms. The Labute approximate surface area is 191 Å². The molecule has 6 nitrogen and oxygen atoms in total. The van der Waals surface area contributed by atoms with Gasteiger partial charge in [-0.3, -0.25) is 9.97 Å². The molecule has 5 rings (SSSR count). The smallest absolute Gasteiger partial charge is 0.115 e. The number of aryl methyl sites for hydroxylation is 1. The molecular formula is C27H20N6. The van der Waals surface area contributed by atoms with Gasteiger partial charge in [-0.1, -0.05) is 42.5 Å². The standard InChI is InChI=1S/C27H20N6/c1-19-9-23(16-32-26(19)25-13-30-18-31-14-25)27-21(8-7-20-5-3-2-4-6-20)10-22(15-33-27)24-11-28-17-29-12-24/h2-18H,1H3. The third-order valence-electron chi connectivity index (χ3n) is 5.25. The van der Waals surface area contributed by atoms with Crippen LogP contribution >= 0.6 is 0 Å². The van der Waals surface area contributed by atoms with Crippen LogP contribution in [0.2, 0.25) is 0 Å². The van der Waals surface area contributed by atoms with Crippen LogP contribution in [-0.2, 0) is 0 Å². The van der Waals surface area contributed by atoms with Crippen LogP contribution in [-0.4, -0.2) is 29.9 Å². The van der Waals surface area contributed by atoms with Crippen molar-refractivity contribution >= 4 is 12.2 Å². The molecule has 158 valence electrons. The van der Waals surface area contributed by atoms with Crippen molar-refractivity contribution in [2.24, 2.45) is 0 Å². The second kappa shape index (κ2) is 9.28. The van der Waals surface area contributed by atoms with Gasteiger partial charge in [0.05, 0.1) is 11.4 Å². The van der Waals surface area contributed by atoms with E-state index in [4.69, 9.17) is 9.97 Å². The van der Waals surface area contributed by atoms with Crippen LogP contribution in [0.3, 0.4) is 0 Å². The van der Waals surface area contributed by atoms with Gasteiger partial charge in [-0.05, 0) is 30.2 Å². The quantitative estimate of drug-likeness (QED) is 0.366. The van der Waals surface area contributed by atoms with Crippen LogP contribution in [0.1, 0.15) is 16.7 Å². The number of hydrogen-bond acceptors (Lipinski definition) is 6. The van der Waals surface area contributed by atoms with Gasteiger partial charge in [0.25, 0.3) is 0 Å². The van der Waals surface area contributed by atoms with E-state index in [1.165, 1.54) is 12.7 Å². The maximum atomic E-state index is 4.81. The molecule has 4 heterocycles. The van der Waals surface area contributed by atoms with E-state index in [1.54, 1.807) is 24.8 Å². The summed E-state index contributed by atoms with van der Waals surface area (Å²) >= 11 is 0. The molecule has 5 aromatic rings. The van der Waals surface area contributed by atoms with E-state index in [1.807, 2.05) is 37.5 Å². The lowest BCUT2D eigenvalue weighted by molar-refractivity contribution is 1.15. The van der Waals surface area contributed by atoms with Crippen LogP contribution in [0.5, 0.6) is 0 Å². The monoisotopic (exact) mass is 428 g/mol. The minimum Gasteiger partial charge on any atom is -0.255 e. The van der Waals surface area contributed by atoms with Gasteiger partial charge in [0.15, 0.2) is 0 Å². The van der Waals surface area contributed by atoms with Crippen molar-refractivity contribution in [1.29, 1.82) is 0 Å². The Kier molecular flexibility index (Phi) is 5.72. The topological polar surface area (TPSA) is 77.3 Å². The third-order valence-corrected chi connectivity index (χ3v) is 5.25. The molecule has 33 heavy (non-hydrogen) atoms. The molecule has 0 saturated heterocycles. The highest BCUT2D eigenvalue weighted by molar-refractivity contribution is 5.82. The highest BCUT2D eigenvalue weighted by Gasteiger charge is 2.12. The van der Waals surface area contributed by atoms with Gasteiger partial charge in [-0.2, -0.15) is 0 Å². The van der Waals surface area contributed by atoms with Crippen molar-refractivity contribution < 1.29 is 0 Å². The average Bonchev–Trinajstić information content (AvgIpc) is 2.89. The first-order chi connectivity index (χ1) is 16.3. The Bertz CT molecular complexity index is 1400. The molecule has 0 saturated carbocycles. The summed E-state index contributed by atoms with van der Waals surface area (Å²) < 4.78 is 0. The Balaban J connectivity index is 1.59. The summed E-state index contributed by atoms with van der Waals surface area (Å²) in [4.78, 5) is 26.0. The Morgan fingerprint density at radius 1 is 0.576 bits per heavy atom. The van der Waals surface area contributed by atoms with Crippen molar-refractivity contribution in [2.75, 3.05) is 0 Å². The first-order valence-corrected chi connectivity index (χ1v) is 10.5. The molecule has 4 aromatic heterocycles. The Morgan fingerprint density at radius 2 is 1.21 bits per heavy atom. The molecule has 0 bridgehead atoms. The number of aromatic nitrogens is 6. The fourth-order valence-corrected chi connectivity index (χ4v) is 3.63. The summed E-state index contributed by atoms with van der Waals surface area (Å²) in [7, 11) is 0. The van der Waals surface area contributed by atoms with E-state index in [0.29, 0.717) is 0 Å². The summed E-state index contributed by atoms with van der Waals surface area (Å²) in [5.74, 6) is 0. The largest absolute Gasteiger partial charge is 0.255 e. The van der Waals surface area contributed by atoms with E-state index >= 15 is 0 Å². The zero-order chi connectivity index (χ0) is 22.5. The van der Waals surface area contributed by atoms with E-state index in [-0.39, 0.29) is 0 Å². The molecule has 0 aliphatic carbocycles. The summed E-state index contributed by atoms with van der Waals surface area (Å²) in [5, 5.41) is 0. The van der Waals surface area contributed by atoms with Gasteiger partial charge in [0.2, 0.25) is 0 Å². The fraction of sp³-hybridized carbons (Fsp3) is 0.0370. The predicted molar refractivity (Wildman–Crippen MR) is 130 cm³/mol. The summed E-state index contributed by atoms with van der Waals surface area (Å²) in [6, 6.07) is 14.4. The van der Waals surface area contributed by atoms with Gasteiger partial charge in [0.1, 0.15) is 12.7 Å². The molecule has 0 aliphatic heterocycles. The number of benzene rings is 1. The number of rotatable bonds is 5. The number of pyridine rings is 2. The third kappa shape index (κ3) is 4.55. The van der Waals surface area contributed by atoms with Crippen LogP contribution in [0.15, 0.2) is 92.3 Å². The molecule has 0 atom stereocenters. The van der Waals surface area contributed by atoms with Crippen LogP contribution in [0, 0.1) is 6.92 Å². The minimum absolute atomic E-state index is 0.856. The van der Waals surface area contributed by atoms with Crippen molar-refractivity contribution in [3.63, 3.8) is 0 Å². The first-order valence-electron chi connectivity index (χ1n) is 10.5. The zero-order valence-corrected chi connectivity index (χ0v) is 18.0. The second-order valence-corrected chi connectivity index (χ2v) is 7.55. The predicted octanol–water partition coefficient (Wildman–Crippen LogP) is 5.54. The van der Waals surface area contributed by atoms with Crippen LogP contribution in [0.4, 0.5) is 0 Å². The Morgan fingerprint density at radius 3 is 1.91 bits per heavy atom. The zero-order valence-electron chi connectivity index (χ0n) is 18.0. The van der Waals surface area contributed by atoms with Gasteiger partial charge < -0.3 is 0 Å². The molecule has 0 unspecified atom stereocenters. The van der Waals surface area contributed by atoms with Crippen molar-refractivity contribution in [1.82, 2.24) is 29.9 Å². The molecule has 1 aromatic carbocycles. The van der Waals surface area contributed by atoms with Gasteiger partial charge in [-0.15, -0.1) is 0 Å². The molecule has 0 aliphatic rings. The van der Waals surface area contributed by atoms with E-state index in [2.05, 4.69) is 56.4 Å². The second-order valence-electron chi connectivity index (χ2n) is 7.55. The van der Waals surface area contributed by atoms with Gasteiger partial charge in [-0.25, -0.2) is 19.9 Å². The molecule has 0 radical (unpaired) electrons. The average molecular weight is 428 g/mol. The van der Waals surface area contributed by atoms with E-state index < -0.39 is 0 Å². The lowest BCUT2D eigenvalue weighted by atomic mass is 10.00. The highest BCUT2D eigenvalue weighted by atomic mass is 14.8. The van der Waals surface area contributed by atoms with Crippen molar-refractivity contribution in [2.45, 2.75) is 6.92 Å². The number of hydrogen-bond donors (Lipinski definition) is 0. The van der Waals surface area contributed by atoms with Crippen molar-refractivity contribution in [3.05, 3.63) is 109 Å². The lowest BCUT2D eigenvalue weighted by Crippen LogP contribution is -1.95. The maximum Gasteiger partial charge on any atom is 0.115 e.